The topological polar surface area (TPSA) is 173 Å². The summed E-state index contributed by atoms with van der Waals surface area (Å²) in [6.07, 6.45) is 14.9. The van der Waals surface area contributed by atoms with Gasteiger partial charge in [0.25, 0.3) is 11.8 Å². The van der Waals surface area contributed by atoms with E-state index in [0.717, 1.165) is 54.8 Å². The molecule has 3 saturated carbocycles. The molecule has 13 heteroatoms. The third-order valence-electron chi connectivity index (χ3n) is 15.4. The lowest BCUT2D eigenvalue weighted by Crippen LogP contribution is -2.54. The zero-order valence-corrected chi connectivity index (χ0v) is 36.1. The van der Waals surface area contributed by atoms with Crippen molar-refractivity contribution in [3.8, 4) is 0 Å². The number of carbonyl (C=O) groups is 5. The number of aliphatic hydroxyl groups excluding tert-OH is 1. The van der Waals surface area contributed by atoms with Gasteiger partial charge in [-0.25, -0.2) is 0 Å². The van der Waals surface area contributed by atoms with E-state index in [9.17, 15) is 29.1 Å². The van der Waals surface area contributed by atoms with Crippen molar-refractivity contribution in [2.45, 2.75) is 123 Å². The van der Waals surface area contributed by atoms with E-state index in [4.69, 9.17) is 14.2 Å². The van der Waals surface area contributed by atoms with Crippen LogP contribution < -0.4 is 16.0 Å². The molecule has 13 nitrogen and oxygen atoms in total. The molecule has 0 spiro atoms. The van der Waals surface area contributed by atoms with Gasteiger partial charge in [0.1, 0.15) is 6.04 Å². The van der Waals surface area contributed by atoms with Crippen molar-refractivity contribution in [3.63, 3.8) is 0 Å². The first-order valence-electron chi connectivity index (χ1n) is 22.9. The van der Waals surface area contributed by atoms with Crippen LogP contribution in [0, 0.1) is 40.4 Å². The van der Waals surface area contributed by atoms with Crippen molar-refractivity contribution in [2.75, 3.05) is 58.0 Å². The lowest BCUT2D eigenvalue weighted by Gasteiger charge is -2.58. The van der Waals surface area contributed by atoms with Gasteiger partial charge < -0.3 is 30.0 Å². The molecule has 2 aliphatic heterocycles. The first kappa shape index (κ1) is 44.4. The van der Waals surface area contributed by atoms with Crippen molar-refractivity contribution in [1.82, 2.24) is 15.5 Å². The van der Waals surface area contributed by atoms with Crippen molar-refractivity contribution in [1.29, 1.82) is 0 Å². The third-order valence-corrected chi connectivity index (χ3v) is 15.4. The molecule has 4 fully saturated rings. The van der Waals surface area contributed by atoms with Crippen LogP contribution >= 0.6 is 0 Å². The number of allylic oxidation sites excluding steroid dienone is 1. The number of ether oxygens (including phenoxy) is 3. The van der Waals surface area contributed by atoms with Crippen LogP contribution in [-0.4, -0.2) is 104 Å². The van der Waals surface area contributed by atoms with E-state index in [-0.39, 0.29) is 41.4 Å². The van der Waals surface area contributed by atoms with E-state index in [2.05, 4.69) is 42.8 Å². The summed E-state index contributed by atoms with van der Waals surface area (Å²) in [6, 6.07) is 4.00. The van der Waals surface area contributed by atoms with Gasteiger partial charge in [0.15, 0.2) is 0 Å². The van der Waals surface area contributed by atoms with Gasteiger partial charge in [0, 0.05) is 44.8 Å². The van der Waals surface area contributed by atoms with Gasteiger partial charge in [-0.15, -0.1) is 0 Å². The molecule has 1 unspecified atom stereocenters. The maximum absolute atomic E-state index is 13.2. The SMILES string of the molecule is C[C@H](CCC(=O)NCCCOCCOCCOCCCNc1cccc2c1C(=O)N(C1CCC(=O)NC1=O)C2=O)[C@H]1CC[C@H]2[C@@H]3CC=C4C[C@@H](O)CC[C@]4(C)[C@H]3CC[C@]12C. The van der Waals surface area contributed by atoms with Gasteiger partial charge in [-0.3, -0.25) is 34.2 Å². The molecule has 0 aromatic heterocycles. The molecule has 5 amide bonds. The second kappa shape index (κ2) is 19.6. The van der Waals surface area contributed by atoms with Crippen LogP contribution in [0.2, 0.25) is 0 Å². The van der Waals surface area contributed by atoms with E-state index in [1.54, 1.807) is 23.8 Å². The van der Waals surface area contributed by atoms with E-state index >= 15 is 0 Å². The lowest BCUT2D eigenvalue weighted by atomic mass is 9.47. The summed E-state index contributed by atoms with van der Waals surface area (Å²) in [6.45, 7) is 11.4. The predicted octanol–water partition coefficient (Wildman–Crippen LogP) is 5.80. The van der Waals surface area contributed by atoms with Crippen molar-refractivity contribution in [2.24, 2.45) is 40.4 Å². The molecule has 330 valence electrons. The minimum atomic E-state index is -0.999. The molecule has 4 aliphatic carbocycles. The van der Waals surface area contributed by atoms with E-state index < -0.39 is 29.7 Å². The van der Waals surface area contributed by atoms with Gasteiger partial charge in [-0.1, -0.05) is 38.5 Å². The normalized spacial score (nSPS) is 31.5. The number of piperidine rings is 1. The number of amides is 5. The number of hydrogen-bond donors (Lipinski definition) is 4. The van der Waals surface area contributed by atoms with Crippen LogP contribution in [0.5, 0.6) is 0 Å². The fraction of sp³-hybridized carbons (Fsp3) is 0.723. The highest BCUT2D eigenvalue weighted by Crippen LogP contribution is 2.67. The van der Waals surface area contributed by atoms with Crippen molar-refractivity contribution in [3.05, 3.63) is 41.0 Å². The molecule has 7 rings (SSSR count). The smallest absolute Gasteiger partial charge is 0.264 e. The summed E-state index contributed by atoms with van der Waals surface area (Å²) < 4.78 is 17.0. The number of fused-ring (bicyclic) bond motifs is 6. The molecule has 1 saturated heterocycles. The summed E-state index contributed by atoms with van der Waals surface area (Å²) >= 11 is 0. The number of benzene rings is 1. The van der Waals surface area contributed by atoms with Crippen LogP contribution in [0.4, 0.5) is 5.69 Å². The number of imide groups is 2. The molecular formula is C47H68N4O9. The molecule has 60 heavy (non-hydrogen) atoms. The van der Waals surface area contributed by atoms with Crippen LogP contribution in [0.15, 0.2) is 29.8 Å². The number of hydrogen-bond acceptors (Lipinski definition) is 10. The standard InChI is InChI=1S/C47H68N4O9/c1-30(35-12-13-36-33-11-10-31-29-32(52)17-19-46(31,2)37(33)18-20-47(35,36)3)9-15-40(53)49-22-6-24-59-26-28-60-27-25-58-23-5-21-48-38-8-4-7-34-42(38)45(57)51(44(34)56)39-14-16-41(54)50-43(39)55/h4,7-8,10,30,32-33,35-37,39,48,52H,5-6,9,11-29H2,1-3H3,(H,49,53)(H,50,54,55)/t30-,32+,33+,35-,36+,37+,39?,46+,47-/m1/s1. The Hall–Kier alpha value is -3.65. The molecule has 2 heterocycles. The molecule has 9 atom stereocenters. The largest absolute Gasteiger partial charge is 0.393 e. The second-order valence-corrected chi connectivity index (χ2v) is 18.9. The Bertz CT molecular complexity index is 1780. The van der Waals surface area contributed by atoms with E-state index in [1.165, 1.54) is 32.1 Å². The fourth-order valence-electron chi connectivity index (χ4n) is 12.3. The molecule has 0 radical (unpaired) electrons. The Balaban J connectivity index is 0.689. The van der Waals surface area contributed by atoms with E-state index in [0.29, 0.717) is 88.5 Å². The quantitative estimate of drug-likeness (QED) is 0.0715. The molecule has 0 bridgehead atoms. The predicted molar refractivity (Wildman–Crippen MR) is 226 cm³/mol. The third kappa shape index (κ3) is 9.39. The number of nitrogens with zero attached hydrogens (tertiary/aromatic N) is 1. The molecule has 6 aliphatic rings. The highest BCUT2D eigenvalue weighted by Gasteiger charge is 2.59. The summed E-state index contributed by atoms with van der Waals surface area (Å²) in [7, 11) is 0. The van der Waals surface area contributed by atoms with Crippen LogP contribution in [0.25, 0.3) is 0 Å². The average Bonchev–Trinajstić information content (AvgIpc) is 3.71. The highest BCUT2D eigenvalue weighted by molar-refractivity contribution is 6.25. The number of anilines is 1. The number of nitrogens with one attached hydrogen (secondary N) is 3. The number of carbonyl (C=O) groups excluding carboxylic acids is 5. The van der Waals surface area contributed by atoms with Crippen LogP contribution in [-0.2, 0) is 28.6 Å². The zero-order chi connectivity index (χ0) is 42.4. The fourth-order valence-corrected chi connectivity index (χ4v) is 12.3. The Labute approximate surface area is 355 Å². The molecule has 1 aromatic carbocycles. The molecule has 1 aromatic rings. The Morgan fingerprint density at radius 2 is 1.63 bits per heavy atom. The summed E-state index contributed by atoms with van der Waals surface area (Å²) in [5, 5.41) is 18.9. The monoisotopic (exact) mass is 832 g/mol. The van der Waals surface area contributed by atoms with Gasteiger partial charge in [-0.05, 0) is 130 Å². The summed E-state index contributed by atoms with van der Waals surface area (Å²) in [5.41, 5.74) is 3.19. The summed E-state index contributed by atoms with van der Waals surface area (Å²) in [4.78, 5) is 63.9. The highest BCUT2D eigenvalue weighted by atomic mass is 16.5. The Morgan fingerprint density at radius 1 is 0.900 bits per heavy atom. The average molecular weight is 833 g/mol. The van der Waals surface area contributed by atoms with Gasteiger partial charge in [0.2, 0.25) is 17.7 Å². The number of aliphatic hydroxyl groups is 1. The number of rotatable bonds is 20. The molecular weight excluding hydrogens is 765 g/mol. The van der Waals surface area contributed by atoms with Gasteiger partial charge in [0.05, 0.1) is 43.7 Å². The second-order valence-electron chi connectivity index (χ2n) is 18.9. The minimum Gasteiger partial charge on any atom is -0.393 e. The summed E-state index contributed by atoms with van der Waals surface area (Å²) in [5.74, 6) is 1.55. The maximum atomic E-state index is 13.2. The Morgan fingerprint density at radius 3 is 2.38 bits per heavy atom. The Kier molecular flexibility index (Phi) is 14.5. The lowest BCUT2D eigenvalue weighted by molar-refractivity contribution is -0.136. The van der Waals surface area contributed by atoms with Crippen LogP contribution in [0.3, 0.4) is 0 Å². The van der Waals surface area contributed by atoms with Crippen molar-refractivity contribution >= 4 is 35.2 Å². The first-order chi connectivity index (χ1) is 28.9. The minimum absolute atomic E-state index is 0.0750. The van der Waals surface area contributed by atoms with Gasteiger partial charge in [-0.2, -0.15) is 0 Å². The van der Waals surface area contributed by atoms with E-state index in [1.807, 2.05) is 0 Å². The van der Waals surface area contributed by atoms with Gasteiger partial charge >= 0.3 is 0 Å². The zero-order valence-electron chi connectivity index (χ0n) is 36.1. The first-order valence-corrected chi connectivity index (χ1v) is 22.9. The van der Waals surface area contributed by atoms with Crippen molar-refractivity contribution < 1.29 is 43.3 Å². The molecule has 4 N–H and O–H groups in total. The maximum Gasteiger partial charge on any atom is 0.264 e. The van der Waals surface area contributed by atoms with Crippen LogP contribution in [0.1, 0.15) is 131 Å².